The molecule has 5 rings (SSSR count). The van der Waals surface area contributed by atoms with Crippen LogP contribution in [0.4, 0.5) is 4.79 Å². The molecular formula is C41H45N5O7. The van der Waals surface area contributed by atoms with Crippen LogP contribution in [-0.2, 0) is 43.2 Å². The number of hydrogen-bond donors (Lipinski definition) is 6. The Labute approximate surface area is 307 Å². The molecule has 0 saturated heterocycles. The topological polar surface area (TPSA) is 179 Å². The van der Waals surface area contributed by atoms with Gasteiger partial charge in [-0.3, -0.25) is 19.2 Å². The van der Waals surface area contributed by atoms with Crippen molar-refractivity contribution in [3.8, 4) is 0 Å². The maximum atomic E-state index is 14.2. The molecule has 0 unspecified atom stereocenters. The monoisotopic (exact) mass is 719 g/mol. The number of nitrogens with one attached hydrogen (secondary N) is 5. The number of H-pyrrole nitrogens is 1. The van der Waals surface area contributed by atoms with Gasteiger partial charge in [-0.05, 0) is 60.7 Å². The Morgan fingerprint density at radius 3 is 2.06 bits per heavy atom. The number of hydrogen-bond acceptors (Lipinski definition) is 6. The summed E-state index contributed by atoms with van der Waals surface area (Å²) in [6, 6.07) is 26.5. The number of para-hydroxylation sites is 1. The van der Waals surface area contributed by atoms with Crippen molar-refractivity contribution in [1.29, 1.82) is 0 Å². The number of alkyl carbamates (subject to hydrolysis) is 1. The van der Waals surface area contributed by atoms with E-state index in [4.69, 9.17) is 4.74 Å². The molecule has 0 fully saturated rings. The van der Waals surface area contributed by atoms with Crippen molar-refractivity contribution >= 4 is 51.5 Å². The van der Waals surface area contributed by atoms with Crippen LogP contribution < -0.4 is 21.3 Å². The van der Waals surface area contributed by atoms with Crippen LogP contribution in [0, 0.1) is 0 Å². The maximum Gasteiger partial charge on any atom is 0.408 e. The molecule has 6 N–H and O–H groups in total. The first-order valence-corrected chi connectivity index (χ1v) is 17.5. The third-order valence-corrected chi connectivity index (χ3v) is 8.56. The summed E-state index contributed by atoms with van der Waals surface area (Å²) in [6.45, 7) is 5.34. The molecule has 4 amide bonds. The largest absolute Gasteiger partial charge is 0.481 e. The zero-order valence-electron chi connectivity index (χ0n) is 30.0. The molecule has 3 atom stereocenters. The zero-order chi connectivity index (χ0) is 38.0. The standard InChI is InChI=1S/C41H45N5O7/c1-41(2,3)53-40(52)46-34(23-30-25-43-32-16-10-9-15-31(30)32)39(51)44-33(22-27-17-18-28-13-7-8-14-29(28)21-27)38(50)45-35(24-36(47)48)37(49)42-20-19-26-11-5-4-6-12-26/h4-18,21,25,33-35,43H,19-20,22-24H2,1-3H3,(H,42,49)(H,44,51)(H,45,50)(H,46,52)(H,47,48)/t33-,34+,35-/m1/s1. The van der Waals surface area contributed by atoms with Gasteiger partial charge >= 0.3 is 12.1 Å². The summed E-state index contributed by atoms with van der Waals surface area (Å²) in [5.74, 6) is -3.40. The molecule has 0 bridgehead atoms. The Bertz CT molecular complexity index is 2070. The number of carbonyl (C=O) groups excluding carboxylic acids is 4. The van der Waals surface area contributed by atoms with Crippen LogP contribution >= 0.6 is 0 Å². The fraction of sp³-hybridized carbons (Fsp3) is 0.293. The van der Waals surface area contributed by atoms with Crippen molar-refractivity contribution in [2.75, 3.05) is 6.54 Å². The molecule has 53 heavy (non-hydrogen) atoms. The van der Waals surface area contributed by atoms with Crippen LogP contribution in [-0.4, -0.2) is 70.1 Å². The first kappa shape index (κ1) is 38.1. The molecule has 0 spiro atoms. The van der Waals surface area contributed by atoms with Gasteiger partial charge in [-0.1, -0.05) is 91.0 Å². The number of aromatic amines is 1. The number of amides is 4. The van der Waals surface area contributed by atoms with Crippen molar-refractivity contribution in [1.82, 2.24) is 26.3 Å². The summed E-state index contributed by atoms with van der Waals surface area (Å²) < 4.78 is 5.47. The highest BCUT2D eigenvalue weighted by Gasteiger charge is 2.32. The van der Waals surface area contributed by atoms with Crippen molar-refractivity contribution in [2.45, 2.75) is 70.2 Å². The second-order valence-electron chi connectivity index (χ2n) is 13.9. The zero-order valence-corrected chi connectivity index (χ0v) is 30.0. The average Bonchev–Trinajstić information content (AvgIpc) is 3.52. The number of aromatic nitrogens is 1. The first-order valence-electron chi connectivity index (χ1n) is 17.5. The second-order valence-corrected chi connectivity index (χ2v) is 13.9. The van der Waals surface area contributed by atoms with Gasteiger partial charge < -0.3 is 36.1 Å². The highest BCUT2D eigenvalue weighted by atomic mass is 16.6. The Morgan fingerprint density at radius 1 is 0.698 bits per heavy atom. The summed E-state index contributed by atoms with van der Waals surface area (Å²) in [6.07, 6.45) is 0.830. The summed E-state index contributed by atoms with van der Waals surface area (Å²) >= 11 is 0. The van der Waals surface area contributed by atoms with Crippen molar-refractivity contribution in [3.05, 3.63) is 120 Å². The van der Waals surface area contributed by atoms with E-state index in [1.54, 1.807) is 27.0 Å². The maximum absolute atomic E-state index is 14.2. The van der Waals surface area contributed by atoms with Crippen LogP contribution in [0.1, 0.15) is 43.9 Å². The molecule has 12 heteroatoms. The van der Waals surface area contributed by atoms with Gasteiger partial charge in [-0.2, -0.15) is 0 Å². The minimum Gasteiger partial charge on any atom is -0.481 e. The number of fused-ring (bicyclic) bond motifs is 2. The second kappa shape index (κ2) is 17.4. The molecule has 0 aliphatic rings. The lowest BCUT2D eigenvalue weighted by Gasteiger charge is -2.26. The molecule has 0 aliphatic carbocycles. The van der Waals surface area contributed by atoms with Gasteiger partial charge in [0.25, 0.3) is 0 Å². The molecule has 0 aliphatic heterocycles. The van der Waals surface area contributed by atoms with E-state index in [-0.39, 0.29) is 19.4 Å². The predicted octanol–water partition coefficient (Wildman–Crippen LogP) is 4.80. The van der Waals surface area contributed by atoms with Gasteiger partial charge in [0.2, 0.25) is 17.7 Å². The smallest absolute Gasteiger partial charge is 0.408 e. The Hall–Kier alpha value is -6.17. The van der Waals surface area contributed by atoms with E-state index in [2.05, 4.69) is 26.3 Å². The molecule has 5 aromatic rings. The molecule has 0 radical (unpaired) electrons. The molecule has 1 heterocycles. The summed E-state index contributed by atoms with van der Waals surface area (Å²) in [5.41, 5.74) is 2.44. The lowest BCUT2D eigenvalue weighted by molar-refractivity contribution is -0.141. The summed E-state index contributed by atoms with van der Waals surface area (Å²) in [7, 11) is 0. The lowest BCUT2D eigenvalue weighted by Crippen LogP contribution is -2.58. The number of carboxylic acids is 1. The molecule has 12 nitrogen and oxygen atoms in total. The van der Waals surface area contributed by atoms with Crippen molar-refractivity contribution in [2.24, 2.45) is 0 Å². The Kier molecular flexibility index (Phi) is 12.5. The summed E-state index contributed by atoms with van der Waals surface area (Å²) in [4.78, 5) is 69.5. The van der Waals surface area contributed by atoms with Gasteiger partial charge in [0, 0.05) is 36.5 Å². The lowest BCUT2D eigenvalue weighted by atomic mass is 9.99. The number of aliphatic carboxylic acids is 1. The normalized spacial score (nSPS) is 13.0. The van der Waals surface area contributed by atoms with Gasteiger partial charge in [0.1, 0.15) is 23.7 Å². The fourth-order valence-corrected chi connectivity index (χ4v) is 6.02. The molecule has 0 saturated carbocycles. The van der Waals surface area contributed by atoms with Crippen LogP contribution in [0.2, 0.25) is 0 Å². The number of rotatable bonds is 15. The highest BCUT2D eigenvalue weighted by molar-refractivity contribution is 5.96. The van der Waals surface area contributed by atoms with Gasteiger partial charge in [0.15, 0.2) is 0 Å². The van der Waals surface area contributed by atoms with E-state index in [1.807, 2.05) is 97.1 Å². The van der Waals surface area contributed by atoms with Crippen LogP contribution in [0.5, 0.6) is 0 Å². The number of carbonyl (C=O) groups is 5. The molecular weight excluding hydrogens is 674 g/mol. The highest BCUT2D eigenvalue weighted by Crippen LogP contribution is 2.21. The predicted molar refractivity (Wildman–Crippen MR) is 202 cm³/mol. The van der Waals surface area contributed by atoms with Crippen LogP contribution in [0.15, 0.2) is 103 Å². The van der Waals surface area contributed by atoms with Gasteiger partial charge in [-0.25, -0.2) is 4.79 Å². The van der Waals surface area contributed by atoms with Gasteiger partial charge in [-0.15, -0.1) is 0 Å². The van der Waals surface area contributed by atoms with Crippen molar-refractivity contribution < 1.29 is 33.8 Å². The minimum absolute atomic E-state index is 0.00404. The van der Waals surface area contributed by atoms with Crippen LogP contribution in [0.3, 0.4) is 0 Å². The first-order chi connectivity index (χ1) is 25.3. The Balaban J connectivity index is 1.40. The SMILES string of the molecule is CC(C)(C)OC(=O)N[C@@H](Cc1c[nH]c2ccccc12)C(=O)N[C@H](Cc1ccc2ccccc2c1)C(=O)N[C@H](CC(=O)O)C(=O)NCCc1ccccc1. The average molecular weight is 720 g/mol. The van der Waals surface area contributed by atoms with Gasteiger partial charge in [0.05, 0.1) is 6.42 Å². The number of ether oxygens (including phenoxy) is 1. The summed E-state index contributed by atoms with van der Waals surface area (Å²) in [5, 5.41) is 23.2. The van der Waals surface area contributed by atoms with E-state index in [1.165, 1.54) is 0 Å². The number of carboxylic acid groups (broad SMARTS) is 1. The molecule has 1 aromatic heterocycles. The van der Waals surface area contributed by atoms with E-state index in [0.717, 1.165) is 32.8 Å². The third kappa shape index (κ3) is 11.2. The van der Waals surface area contributed by atoms with Crippen LogP contribution in [0.25, 0.3) is 21.7 Å². The Morgan fingerprint density at radius 2 is 1.34 bits per heavy atom. The van der Waals surface area contributed by atoms with E-state index >= 15 is 0 Å². The molecule has 4 aromatic carbocycles. The van der Waals surface area contributed by atoms with Crippen molar-refractivity contribution in [3.63, 3.8) is 0 Å². The fourth-order valence-electron chi connectivity index (χ4n) is 6.02. The minimum atomic E-state index is -1.42. The molecule has 276 valence electrons. The third-order valence-electron chi connectivity index (χ3n) is 8.56. The van der Waals surface area contributed by atoms with E-state index < -0.39 is 59.9 Å². The van der Waals surface area contributed by atoms with E-state index in [9.17, 15) is 29.1 Å². The quantitative estimate of drug-likeness (QED) is 0.0900. The number of benzene rings is 4. The van der Waals surface area contributed by atoms with E-state index in [0.29, 0.717) is 12.0 Å².